The van der Waals surface area contributed by atoms with Gasteiger partial charge in [0.05, 0.1) is 26.2 Å². The Hall–Kier alpha value is -2.45. The lowest BCUT2D eigenvalue weighted by Crippen LogP contribution is -2.47. The summed E-state index contributed by atoms with van der Waals surface area (Å²) >= 11 is 5.85. The zero-order valence-electron chi connectivity index (χ0n) is 16.1. The first-order valence-electron chi connectivity index (χ1n) is 8.41. The predicted octanol–water partition coefficient (Wildman–Crippen LogP) is 2.83. The number of rotatable bonds is 8. The van der Waals surface area contributed by atoms with Gasteiger partial charge in [-0.3, -0.25) is 9.10 Å². The molecule has 9 heteroatoms. The molecule has 0 radical (unpaired) electrons. The molecule has 0 unspecified atom stereocenters. The van der Waals surface area contributed by atoms with Crippen molar-refractivity contribution in [1.82, 2.24) is 5.32 Å². The number of benzene rings is 2. The maximum Gasteiger partial charge on any atom is 0.243 e. The van der Waals surface area contributed by atoms with Crippen LogP contribution in [0.2, 0.25) is 5.02 Å². The lowest BCUT2D eigenvalue weighted by atomic mass is 10.2. The van der Waals surface area contributed by atoms with Crippen LogP contribution < -0.4 is 19.1 Å². The molecule has 0 aliphatic carbocycles. The van der Waals surface area contributed by atoms with Crippen LogP contribution >= 0.6 is 11.6 Å². The zero-order chi connectivity index (χ0) is 20.9. The molecule has 0 aliphatic heterocycles. The van der Waals surface area contributed by atoms with E-state index in [9.17, 15) is 13.2 Å². The summed E-state index contributed by atoms with van der Waals surface area (Å²) in [6.45, 7) is 1.75. The van der Waals surface area contributed by atoms with Crippen LogP contribution in [0.5, 0.6) is 11.5 Å². The van der Waals surface area contributed by atoms with Gasteiger partial charge in [0.1, 0.15) is 17.5 Å². The van der Waals surface area contributed by atoms with Gasteiger partial charge in [-0.25, -0.2) is 8.42 Å². The van der Waals surface area contributed by atoms with Crippen LogP contribution in [0, 0.1) is 0 Å². The quantitative estimate of drug-likeness (QED) is 0.701. The second-order valence-electron chi connectivity index (χ2n) is 6.12. The number of carbonyl (C=O) groups excluding carboxylic acids is 1. The van der Waals surface area contributed by atoms with Gasteiger partial charge in [0.2, 0.25) is 15.9 Å². The van der Waals surface area contributed by atoms with E-state index in [1.165, 1.54) is 27.2 Å². The third-order valence-corrected chi connectivity index (χ3v) is 5.57. The monoisotopic (exact) mass is 426 g/mol. The Labute approximate surface area is 170 Å². The summed E-state index contributed by atoms with van der Waals surface area (Å²) in [4.78, 5) is 12.7. The van der Waals surface area contributed by atoms with E-state index >= 15 is 0 Å². The number of sulfonamides is 1. The maximum absolute atomic E-state index is 12.7. The number of nitrogens with one attached hydrogen (secondary N) is 1. The minimum Gasteiger partial charge on any atom is -0.497 e. The van der Waals surface area contributed by atoms with Crippen molar-refractivity contribution in [1.29, 1.82) is 0 Å². The molecule has 1 N–H and O–H groups in total. The fourth-order valence-corrected chi connectivity index (χ4v) is 3.99. The normalized spacial score (nSPS) is 12.2. The van der Waals surface area contributed by atoms with Gasteiger partial charge in [-0.15, -0.1) is 0 Å². The average molecular weight is 427 g/mol. The van der Waals surface area contributed by atoms with E-state index in [1.54, 1.807) is 36.4 Å². The maximum atomic E-state index is 12.7. The lowest BCUT2D eigenvalue weighted by molar-refractivity contribution is -0.122. The smallest absolute Gasteiger partial charge is 0.243 e. The van der Waals surface area contributed by atoms with Crippen LogP contribution in [0.15, 0.2) is 42.5 Å². The molecule has 152 valence electrons. The zero-order valence-corrected chi connectivity index (χ0v) is 17.7. The van der Waals surface area contributed by atoms with Crippen LogP contribution in [0.1, 0.15) is 12.5 Å². The summed E-state index contributed by atoms with van der Waals surface area (Å²) in [5.41, 5.74) is 1.06. The van der Waals surface area contributed by atoms with Gasteiger partial charge < -0.3 is 14.8 Å². The van der Waals surface area contributed by atoms with E-state index in [-0.39, 0.29) is 12.2 Å². The fourth-order valence-electron chi connectivity index (χ4n) is 2.69. The van der Waals surface area contributed by atoms with Crippen molar-refractivity contribution >= 4 is 33.2 Å². The predicted molar refractivity (Wildman–Crippen MR) is 110 cm³/mol. The van der Waals surface area contributed by atoms with E-state index in [4.69, 9.17) is 21.1 Å². The SMILES string of the molecule is COc1ccc(OC)c(N([C@@H](C)C(=O)NCc2ccc(Cl)cc2)S(C)(=O)=O)c1. The molecule has 0 saturated heterocycles. The average Bonchev–Trinajstić information content (AvgIpc) is 2.66. The molecular weight excluding hydrogens is 404 g/mol. The Balaban J connectivity index is 2.30. The van der Waals surface area contributed by atoms with Gasteiger partial charge >= 0.3 is 0 Å². The highest BCUT2D eigenvalue weighted by Crippen LogP contribution is 2.35. The largest absolute Gasteiger partial charge is 0.497 e. The number of hydrogen-bond acceptors (Lipinski definition) is 5. The molecule has 7 nitrogen and oxygen atoms in total. The molecule has 28 heavy (non-hydrogen) atoms. The molecule has 1 amide bonds. The van der Waals surface area contributed by atoms with Crippen molar-refractivity contribution < 1.29 is 22.7 Å². The van der Waals surface area contributed by atoms with Crippen molar-refractivity contribution in [3.63, 3.8) is 0 Å². The highest BCUT2D eigenvalue weighted by atomic mass is 35.5. The molecule has 1 atom stereocenters. The Morgan fingerprint density at radius 1 is 1.14 bits per heavy atom. The molecule has 2 aromatic rings. The van der Waals surface area contributed by atoms with Gasteiger partial charge in [-0.05, 0) is 36.8 Å². The van der Waals surface area contributed by atoms with E-state index in [0.29, 0.717) is 16.5 Å². The minimum absolute atomic E-state index is 0.221. The minimum atomic E-state index is -3.79. The number of halogens is 1. The second kappa shape index (κ2) is 9.16. The first-order valence-corrected chi connectivity index (χ1v) is 10.6. The van der Waals surface area contributed by atoms with Crippen molar-refractivity contribution in [2.45, 2.75) is 19.5 Å². The third-order valence-electron chi connectivity index (χ3n) is 4.09. The van der Waals surface area contributed by atoms with Crippen LogP contribution in [0.3, 0.4) is 0 Å². The standard InChI is InChI=1S/C19H23ClN2O5S/c1-13(19(23)21-12-14-5-7-15(20)8-6-14)22(28(4,24)25)17-11-16(26-2)9-10-18(17)27-3/h5-11,13H,12H2,1-4H3,(H,21,23)/t13-/m0/s1. The topological polar surface area (TPSA) is 84.9 Å². The molecule has 0 fully saturated rings. The van der Waals surface area contributed by atoms with Gasteiger partial charge in [0, 0.05) is 17.6 Å². The molecular formula is C19H23ClN2O5S. The summed E-state index contributed by atoms with van der Waals surface area (Å²) in [5, 5.41) is 3.34. The molecule has 0 heterocycles. The number of amides is 1. The molecule has 0 spiro atoms. The summed E-state index contributed by atoms with van der Waals surface area (Å²) < 4.78 is 36.5. The lowest BCUT2D eigenvalue weighted by Gasteiger charge is -2.29. The van der Waals surface area contributed by atoms with Gasteiger partial charge in [-0.1, -0.05) is 23.7 Å². The van der Waals surface area contributed by atoms with Crippen LogP contribution in [-0.4, -0.2) is 40.8 Å². The Morgan fingerprint density at radius 3 is 2.32 bits per heavy atom. The summed E-state index contributed by atoms with van der Waals surface area (Å²) in [7, 11) is -0.890. The van der Waals surface area contributed by atoms with Gasteiger partial charge in [0.15, 0.2) is 0 Å². The number of hydrogen-bond donors (Lipinski definition) is 1. The van der Waals surface area contributed by atoms with Crippen LogP contribution in [0.25, 0.3) is 0 Å². The number of nitrogens with zero attached hydrogens (tertiary/aromatic N) is 1. The third kappa shape index (κ3) is 5.30. The molecule has 0 aliphatic rings. The summed E-state index contributed by atoms with van der Waals surface area (Å²) in [6.07, 6.45) is 1.04. The van der Waals surface area contributed by atoms with E-state index < -0.39 is 22.0 Å². The highest BCUT2D eigenvalue weighted by Gasteiger charge is 2.31. The number of carbonyl (C=O) groups is 1. The first-order chi connectivity index (χ1) is 13.2. The van der Waals surface area contributed by atoms with Gasteiger partial charge in [0.25, 0.3) is 0 Å². The Bertz CT molecular complexity index is 932. The van der Waals surface area contributed by atoms with Gasteiger partial charge in [-0.2, -0.15) is 0 Å². The Morgan fingerprint density at radius 2 is 1.79 bits per heavy atom. The summed E-state index contributed by atoms with van der Waals surface area (Å²) in [5.74, 6) is 0.298. The fraction of sp³-hybridized carbons (Fsp3) is 0.316. The number of methoxy groups -OCH3 is 2. The van der Waals surface area contributed by atoms with Crippen molar-refractivity contribution in [3.8, 4) is 11.5 Å². The van der Waals surface area contributed by atoms with E-state index in [1.807, 2.05) is 0 Å². The van der Waals surface area contributed by atoms with Crippen molar-refractivity contribution in [2.24, 2.45) is 0 Å². The Kier molecular flexibility index (Phi) is 7.15. The number of anilines is 1. The molecule has 2 aromatic carbocycles. The van der Waals surface area contributed by atoms with E-state index in [2.05, 4.69) is 5.32 Å². The molecule has 0 saturated carbocycles. The highest BCUT2D eigenvalue weighted by molar-refractivity contribution is 7.92. The van der Waals surface area contributed by atoms with Crippen LogP contribution in [0.4, 0.5) is 5.69 Å². The van der Waals surface area contributed by atoms with Crippen molar-refractivity contribution in [2.75, 3.05) is 24.8 Å². The van der Waals surface area contributed by atoms with Crippen LogP contribution in [-0.2, 0) is 21.4 Å². The van der Waals surface area contributed by atoms with Crippen molar-refractivity contribution in [3.05, 3.63) is 53.1 Å². The summed E-state index contributed by atoms with van der Waals surface area (Å²) in [6, 6.07) is 10.7. The second-order valence-corrected chi connectivity index (χ2v) is 8.41. The molecule has 0 aromatic heterocycles. The number of ether oxygens (including phenoxy) is 2. The molecule has 0 bridgehead atoms. The first kappa shape index (κ1) is 21.8. The van der Waals surface area contributed by atoms with E-state index in [0.717, 1.165) is 16.1 Å². The molecule has 2 rings (SSSR count).